The maximum atomic E-state index is 13.8. The summed E-state index contributed by atoms with van der Waals surface area (Å²) >= 11 is 0. The van der Waals surface area contributed by atoms with Gasteiger partial charge in [0.05, 0.1) is 56.4 Å². The van der Waals surface area contributed by atoms with Gasteiger partial charge in [-0.3, -0.25) is 29.8 Å². The number of nitrogen functional groups attached to an aromatic ring is 2. The van der Waals surface area contributed by atoms with E-state index in [-0.39, 0.29) is 169 Å². The van der Waals surface area contributed by atoms with E-state index in [0.29, 0.717) is 11.4 Å². The molecule has 0 fully saturated rings. The van der Waals surface area contributed by atoms with E-state index in [4.69, 9.17) is 16.6 Å². The quantitative estimate of drug-likeness (QED) is 0.0125. The minimum Gasteiger partial charge on any atom is -0.744 e. The second-order valence-corrected chi connectivity index (χ2v) is 20.7. The maximum Gasteiger partial charge on any atom is 1.00 e. The van der Waals surface area contributed by atoms with E-state index in [1.165, 1.54) is 103 Å². The molecule has 0 bridgehead atoms. The Morgan fingerprint density at radius 1 is 0.537 bits per heavy atom. The van der Waals surface area contributed by atoms with Gasteiger partial charge in [0.15, 0.2) is 5.71 Å². The first-order valence-corrected chi connectivity index (χ1v) is 26.5. The van der Waals surface area contributed by atoms with Crippen LogP contribution in [0.1, 0.15) is 31.8 Å². The van der Waals surface area contributed by atoms with E-state index in [9.17, 15) is 63.2 Å². The van der Waals surface area contributed by atoms with Crippen LogP contribution >= 0.6 is 0 Å². The SMILES string of the molecule is Nc1cc(NCC(=O)[O-])ccc1N=Nc1ccc2c(c1)C(=O)/C(=N/Nc1ccc(Nc3ccc(N/N=C4/C(=O)c5cc(N=Nc6ccc(NCC(=O)O)cc6N)ccc5C=C4S(=O)(=O)O)cc3)cc1S(=O)(=O)[O-])C(S(=O)(=O)[O-])=C2.[Na+].[Na+].[Na+]. The molecule has 0 heterocycles. The molecule has 2 aliphatic rings. The molecule has 0 atom stereocenters. The number of carbonyl (C=O) groups is 4. The first kappa shape index (κ1) is 65.8. The molecule has 0 saturated carbocycles. The minimum absolute atomic E-state index is 0. The number of carbonyl (C=O) groups excluding carboxylic acids is 3. The van der Waals surface area contributed by atoms with Crippen molar-refractivity contribution in [3.05, 3.63) is 147 Å². The molecule has 0 spiro atoms. The molecule has 28 nitrogen and oxygen atoms in total. The Labute approximate surface area is 531 Å². The summed E-state index contributed by atoms with van der Waals surface area (Å²) in [5.41, 5.74) is 16.5. The number of fused-ring (bicyclic) bond motifs is 2. The molecule has 2 aliphatic carbocycles. The van der Waals surface area contributed by atoms with Crippen molar-refractivity contribution in [2.75, 3.05) is 51.4 Å². The number of allylic oxidation sites excluding steroid dienone is 2. The van der Waals surface area contributed by atoms with Crippen molar-refractivity contribution >= 4 is 146 Å². The van der Waals surface area contributed by atoms with Crippen LogP contribution < -0.4 is 132 Å². The van der Waals surface area contributed by atoms with Gasteiger partial charge in [-0.25, -0.2) is 16.8 Å². The predicted molar refractivity (Wildman–Crippen MR) is 285 cm³/mol. The van der Waals surface area contributed by atoms with E-state index < -0.39 is 92.2 Å². The van der Waals surface area contributed by atoms with Crippen molar-refractivity contribution < 1.29 is 157 Å². The molecule has 6 aromatic carbocycles. The number of hydrazone groups is 2. The Hall–Kier alpha value is -7.05. The number of ketones is 2. The number of carboxylic acid groups (broad SMARTS) is 2. The van der Waals surface area contributed by atoms with Gasteiger partial charge in [-0.2, -0.15) is 28.8 Å². The normalized spacial score (nSPS) is 14.1. The molecular weight excluding hydrogens is 1160 g/mol. The van der Waals surface area contributed by atoms with Crippen molar-refractivity contribution in [2.24, 2.45) is 30.7 Å². The number of nitrogens with two attached hydrogens (primary N) is 2. The standard InChI is InChI=1S/C48H39N13O15S3.3Na/c49-35-19-28(51-22-43(62)63)9-12-37(35)57-55-31-3-1-24-15-41(78(71,72)73)45(47(66)33(24)17-31)60-54-27-7-5-26(6-8-27)53-30-11-14-39(40(21-30)77(68,69)70)59-61-46-42(79(74,75)76)16-25-2-4-32(18-34(25)48(46)67)56-58-38-13-10-29(20-36(38)50)52-23-44(64)65;;;/h1-21,51-54,59H,22-23,49-50H2,(H,62,63)(H,64,65)(H,68,69,70)(H,71,72,73)(H,74,75,76);;;/q;3*+1/p-3/b57-55?,58-56?,60-45+,61-46+;;;. The Bertz CT molecular complexity index is 4130. The summed E-state index contributed by atoms with van der Waals surface area (Å²) in [5.74, 6) is -4.47. The Kier molecular flexibility index (Phi) is 21.9. The number of nitrogens with one attached hydrogen (secondary N) is 5. The van der Waals surface area contributed by atoms with E-state index in [1.54, 1.807) is 0 Å². The summed E-state index contributed by atoms with van der Waals surface area (Å²) in [7, 11) is -15.8. The number of anilines is 8. The van der Waals surface area contributed by atoms with E-state index in [0.717, 1.165) is 24.3 Å². The van der Waals surface area contributed by atoms with Crippen molar-refractivity contribution in [3.63, 3.8) is 0 Å². The summed E-state index contributed by atoms with van der Waals surface area (Å²) in [6.45, 7) is -0.832. The number of Topliss-reactive ketones (excluding diaryl/α,β-unsaturated/α-hetero) is 2. The zero-order valence-corrected chi connectivity index (χ0v) is 51.3. The topological polar surface area (TPSA) is 467 Å². The summed E-state index contributed by atoms with van der Waals surface area (Å²) in [6, 6.07) is 25.6. The van der Waals surface area contributed by atoms with Gasteiger partial charge in [-0.05, 0) is 126 Å². The number of hydrogen-bond donors (Lipinski definition) is 9. The molecule has 0 radical (unpaired) electrons. The number of hydrogen-bond acceptors (Lipinski definition) is 26. The van der Waals surface area contributed by atoms with Crippen molar-refractivity contribution in [1.29, 1.82) is 0 Å². The molecule has 0 unspecified atom stereocenters. The monoisotopic (exact) mass is 1200 g/mol. The second-order valence-electron chi connectivity index (χ2n) is 16.6. The molecular formula is C48H36N13Na3O15S3. The molecule has 8 rings (SSSR count). The van der Waals surface area contributed by atoms with Gasteiger partial charge < -0.3 is 51.5 Å². The number of carboxylic acids is 2. The Morgan fingerprint density at radius 2 is 1.00 bits per heavy atom. The molecule has 0 aliphatic heterocycles. The second kappa shape index (κ2) is 27.4. The van der Waals surface area contributed by atoms with E-state index >= 15 is 0 Å². The van der Waals surface area contributed by atoms with Crippen LogP contribution in [-0.4, -0.2) is 92.0 Å². The first-order valence-electron chi connectivity index (χ1n) is 22.2. The molecule has 34 heteroatoms. The number of benzene rings is 6. The predicted octanol–water partition coefficient (Wildman–Crippen LogP) is -3.56. The maximum absolute atomic E-state index is 13.8. The summed E-state index contributed by atoms with van der Waals surface area (Å²) in [4.78, 5) is 46.4. The van der Waals surface area contributed by atoms with Crippen molar-refractivity contribution in [1.82, 2.24) is 0 Å². The Morgan fingerprint density at radius 3 is 1.48 bits per heavy atom. The molecule has 404 valence electrons. The first-order chi connectivity index (χ1) is 37.3. The minimum atomic E-state index is -5.41. The van der Waals surface area contributed by atoms with Gasteiger partial charge in [-0.1, -0.05) is 12.1 Å². The molecule has 0 amide bonds. The van der Waals surface area contributed by atoms with Gasteiger partial charge in [-0.15, -0.1) is 10.2 Å². The average molecular weight is 1200 g/mol. The van der Waals surface area contributed by atoms with Crippen LogP contribution in [0.15, 0.2) is 161 Å². The zero-order chi connectivity index (χ0) is 57.0. The van der Waals surface area contributed by atoms with Gasteiger partial charge in [0.1, 0.15) is 48.8 Å². The average Bonchev–Trinajstić information content (AvgIpc) is 3.56. The third-order valence-corrected chi connectivity index (χ3v) is 13.7. The fourth-order valence-electron chi connectivity index (χ4n) is 7.37. The molecule has 11 N–H and O–H groups in total. The molecule has 0 saturated heterocycles. The Balaban J connectivity index is 0.00000411. The third-order valence-electron chi connectivity index (χ3n) is 11.1. The third kappa shape index (κ3) is 16.4. The molecule has 6 aromatic rings. The van der Waals surface area contributed by atoms with Crippen LogP contribution in [0, 0.1) is 0 Å². The van der Waals surface area contributed by atoms with Crippen LogP contribution in [-0.2, 0) is 39.9 Å². The van der Waals surface area contributed by atoms with Crippen LogP contribution in [0.25, 0.3) is 12.2 Å². The largest absolute Gasteiger partial charge is 1.00 e. The number of azo groups is 2. The zero-order valence-electron chi connectivity index (χ0n) is 42.8. The van der Waals surface area contributed by atoms with Crippen LogP contribution in [0.4, 0.5) is 68.2 Å². The fourth-order valence-corrected chi connectivity index (χ4v) is 9.33. The molecule has 82 heavy (non-hydrogen) atoms. The van der Waals surface area contributed by atoms with Crippen molar-refractivity contribution in [3.8, 4) is 0 Å². The van der Waals surface area contributed by atoms with Crippen molar-refractivity contribution in [2.45, 2.75) is 4.90 Å². The fraction of sp³-hybridized carbons (Fsp3) is 0.0417. The molecule has 0 aromatic heterocycles. The van der Waals surface area contributed by atoms with Gasteiger partial charge in [0.2, 0.25) is 11.6 Å². The summed E-state index contributed by atoms with van der Waals surface area (Å²) in [6.07, 6.45) is 1.90. The van der Waals surface area contributed by atoms with Gasteiger partial charge in [0.25, 0.3) is 10.1 Å². The van der Waals surface area contributed by atoms with Crippen LogP contribution in [0.3, 0.4) is 0 Å². The van der Waals surface area contributed by atoms with E-state index in [1.807, 2.05) is 0 Å². The van der Waals surface area contributed by atoms with Crippen LogP contribution in [0.2, 0.25) is 0 Å². The summed E-state index contributed by atoms with van der Waals surface area (Å²) < 4.78 is 110. The number of aliphatic carboxylic acids is 2. The summed E-state index contributed by atoms with van der Waals surface area (Å²) in [5, 5.41) is 51.9. The number of rotatable bonds is 19. The van der Waals surface area contributed by atoms with Gasteiger partial charge in [0, 0.05) is 33.9 Å². The van der Waals surface area contributed by atoms with Crippen LogP contribution in [0.5, 0.6) is 0 Å². The van der Waals surface area contributed by atoms with E-state index in [2.05, 4.69) is 57.5 Å². The van der Waals surface area contributed by atoms with Gasteiger partial charge >= 0.3 is 94.6 Å². The smallest absolute Gasteiger partial charge is 0.744 e. The number of nitrogens with zero attached hydrogens (tertiary/aromatic N) is 6.